The Labute approximate surface area is 118 Å². The molecule has 0 saturated heterocycles. The molecule has 1 amide bonds. The summed E-state index contributed by atoms with van der Waals surface area (Å²) in [5.41, 5.74) is 0.244. The third-order valence-electron chi connectivity index (χ3n) is 2.10. The molecule has 8 heteroatoms. The number of nitrogens with one attached hydrogen (secondary N) is 2. The molecule has 1 aromatic carbocycles. The Hall–Kier alpha value is -0.980. The van der Waals surface area contributed by atoms with Gasteiger partial charge in [-0.2, -0.15) is 13.2 Å². The lowest BCUT2D eigenvalue weighted by Gasteiger charge is -2.10. The molecule has 0 aliphatic rings. The van der Waals surface area contributed by atoms with Gasteiger partial charge in [0.15, 0.2) is 0 Å². The van der Waals surface area contributed by atoms with E-state index in [2.05, 4.69) is 10.6 Å². The molecule has 0 fully saturated rings. The third-order valence-corrected chi connectivity index (χ3v) is 2.73. The number of carbonyl (C=O) groups excluding carboxylic acids is 1. The second-order valence-electron chi connectivity index (χ2n) is 3.69. The van der Waals surface area contributed by atoms with Crippen molar-refractivity contribution in [2.45, 2.75) is 12.6 Å². The van der Waals surface area contributed by atoms with Crippen LogP contribution in [0.5, 0.6) is 0 Å². The maximum Gasteiger partial charge on any atom is 0.390 e. The fraction of sp³-hybridized carbons (Fsp3) is 0.364. The molecule has 0 aliphatic carbocycles. The number of halogens is 5. The van der Waals surface area contributed by atoms with Gasteiger partial charge in [-0.3, -0.25) is 4.79 Å². The minimum Gasteiger partial charge on any atom is -0.322 e. The Morgan fingerprint density at radius 1 is 1.21 bits per heavy atom. The average molecular weight is 315 g/mol. The van der Waals surface area contributed by atoms with E-state index in [9.17, 15) is 18.0 Å². The molecule has 2 N–H and O–H groups in total. The van der Waals surface area contributed by atoms with Crippen molar-refractivity contribution in [2.24, 2.45) is 0 Å². The number of benzene rings is 1. The van der Waals surface area contributed by atoms with Crippen LogP contribution in [0.15, 0.2) is 18.2 Å². The quantitative estimate of drug-likeness (QED) is 0.817. The highest BCUT2D eigenvalue weighted by Crippen LogP contribution is 2.29. The number of rotatable bonds is 5. The Morgan fingerprint density at radius 2 is 1.79 bits per heavy atom. The van der Waals surface area contributed by atoms with Gasteiger partial charge < -0.3 is 10.6 Å². The SMILES string of the molecule is O=C(CNCCC(F)(F)F)Nc1c(Cl)cccc1Cl. The molecule has 0 aliphatic heterocycles. The maximum atomic E-state index is 11.9. The minimum absolute atomic E-state index is 0.244. The van der Waals surface area contributed by atoms with Crippen molar-refractivity contribution in [3.05, 3.63) is 28.2 Å². The monoisotopic (exact) mass is 314 g/mol. The molecular weight excluding hydrogens is 304 g/mol. The molecule has 0 bridgehead atoms. The zero-order valence-electron chi connectivity index (χ0n) is 9.65. The smallest absolute Gasteiger partial charge is 0.322 e. The molecule has 106 valence electrons. The van der Waals surface area contributed by atoms with Crippen molar-refractivity contribution >= 4 is 34.8 Å². The number of hydrogen-bond donors (Lipinski definition) is 2. The lowest BCUT2D eigenvalue weighted by Crippen LogP contribution is -2.30. The molecule has 19 heavy (non-hydrogen) atoms. The van der Waals surface area contributed by atoms with Crippen molar-refractivity contribution in [2.75, 3.05) is 18.4 Å². The van der Waals surface area contributed by atoms with Crippen molar-refractivity contribution in [3.63, 3.8) is 0 Å². The summed E-state index contributed by atoms with van der Waals surface area (Å²) < 4.78 is 35.6. The van der Waals surface area contributed by atoms with Gasteiger partial charge in [0, 0.05) is 6.54 Å². The van der Waals surface area contributed by atoms with E-state index in [-0.39, 0.29) is 28.8 Å². The minimum atomic E-state index is -4.24. The van der Waals surface area contributed by atoms with Gasteiger partial charge >= 0.3 is 6.18 Å². The molecule has 0 spiro atoms. The number of alkyl halides is 3. The first-order chi connectivity index (χ1) is 8.79. The van der Waals surface area contributed by atoms with Gasteiger partial charge in [-0.05, 0) is 12.1 Å². The molecule has 0 saturated carbocycles. The van der Waals surface area contributed by atoms with Gasteiger partial charge in [-0.1, -0.05) is 29.3 Å². The van der Waals surface area contributed by atoms with Crippen LogP contribution in [0.1, 0.15) is 6.42 Å². The van der Waals surface area contributed by atoms with E-state index in [1.54, 1.807) is 18.2 Å². The molecule has 1 aromatic rings. The second-order valence-corrected chi connectivity index (χ2v) is 4.50. The first kappa shape index (κ1) is 16.1. The highest BCUT2D eigenvalue weighted by Gasteiger charge is 2.26. The number of amides is 1. The van der Waals surface area contributed by atoms with Crippen LogP contribution in [0, 0.1) is 0 Å². The topological polar surface area (TPSA) is 41.1 Å². The Morgan fingerprint density at radius 3 is 2.32 bits per heavy atom. The molecular formula is C11H11Cl2F3N2O. The van der Waals surface area contributed by atoms with Crippen LogP contribution in [-0.2, 0) is 4.79 Å². The Bertz CT molecular complexity index is 432. The molecule has 0 atom stereocenters. The maximum absolute atomic E-state index is 11.9. The number of carbonyl (C=O) groups is 1. The highest BCUT2D eigenvalue weighted by molar-refractivity contribution is 6.39. The van der Waals surface area contributed by atoms with Gasteiger partial charge in [0.2, 0.25) is 5.91 Å². The number of hydrogen-bond acceptors (Lipinski definition) is 2. The predicted molar refractivity (Wildman–Crippen MR) is 68.6 cm³/mol. The average Bonchev–Trinajstić information content (AvgIpc) is 2.28. The van der Waals surface area contributed by atoms with Gasteiger partial charge in [-0.25, -0.2) is 0 Å². The third kappa shape index (κ3) is 6.13. The molecule has 0 heterocycles. The summed E-state index contributed by atoms with van der Waals surface area (Å²) in [6.45, 7) is -0.579. The second kappa shape index (κ2) is 6.98. The van der Waals surface area contributed by atoms with Gasteiger partial charge in [0.1, 0.15) is 0 Å². The fourth-order valence-electron chi connectivity index (χ4n) is 1.23. The van der Waals surface area contributed by atoms with E-state index in [1.807, 2.05) is 0 Å². The standard InChI is InChI=1S/C11H11Cl2F3N2O/c12-7-2-1-3-8(13)10(7)18-9(19)6-17-5-4-11(14,15)16/h1-3,17H,4-6H2,(H,18,19). The van der Waals surface area contributed by atoms with Crippen LogP contribution < -0.4 is 10.6 Å². The van der Waals surface area contributed by atoms with E-state index in [4.69, 9.17) is 23.2 Å². The normalized spacial score (nSPS) is 11.4. The first-order valence-electron chi connectivity index (χ1n) is 5.31. The number of anilines is 1. The highest BCUT2D eigenvalue weighted by atomic mass is 35.5. The zero-order valence-corrected chi connectivity index (χ0v) is 11.2. The lowest BCUT2D eigenvalue weighted by molar-refractivity contribution is -0.134. The number of para-hydroxylation sites is 1. The van der Waals surface area contributed by atoms with Crippen molar-refractivity contribution in [1.82, 2.24) is 5.32 Å². The van der Waals surface area contributed by atoms with Crippen LogP contribution in [0.4, 0.5) is 18.9 Å². The summed E-state index contributed by atoms with van der Waals surface area (Å²) in [6.07, 6.45) is -5.23. The van der Waals surface area contributed by atoms with Crippen LogP contribution in [-0.4, -0.2) is 25.2 Å². The molecule has 3 nitrogen and oxygen atoms in total. The van der Waals surface area contributed by atoms with E-state index < -0.39 is 18.5 Å². The zero-order chi connectivity index (χ0) is 14.5. The Balaban J connectivity index is 2.40. The van der Waals surface area contributed by atoms with Crippen molar-refractivity contribution < 1.29 is 18.0 Å². The van der Waals surface area contributed by atoms with Crippen molar-refractivity contribution in [3.8, 4) is 0 Å². The van der Waals surface area contributed by atoms with Crippen LogP contribution in [0.3, 0.4) is 0 Å². The fourth-order valence-corrected chi connectivity index (χ4v) is 1.72. The van der Waals surface area contributed by atoms with E-state index in [0.717, 1.165) is 0 Å². The summed E-state index contributed by atoms with van der Waals surface area (Å²) in [5.74, 6) is -0.517. The predicted octanol–water partition coefficient (Wildman–Crippen LogP) is 3.47. The van der Waals surface area contributed by atoms with Crippen LogP contribution >= 0.6 is 23.2 Å². The van der Waals surface area contributed by atoms with Crippen LogP contribution in [0.2, 0.25) is 10.0 Å². The van der Waals surface area contributed by atoms with E-state index in [0.29, 0.717) is 0 Å². The van der Waals surface area contributed by atoms with E-state index >= 15 is 0 Å². The largest absolute Gasteiger partial charge is 0.390 e. The van der Waals surface area contributed by atoms with Gasteiger partial charge in [-0.15, -0.1) is 0 Å². The summed E-state index contributed by atoms with van der Waals surface area (Å²) in [4.78, 5) is 11.5. The molecule has 0 aromatic heterocycles. The van der Waals surface area contributed by atoms with Crippen LogP contribution in [0.25, 0.3) is 0 Å². The summed E-state index contributed by atoms with van der Waals surface area (Å²) in [7, 11) is 0. The summed E-state index contributed by atoms with van der Waals surface area (Å²) in [6, 6.07) is 4.70. The molecule has 0 radical (unpaired) electrons. The van der Waals surface area contributed by atoms with Gasteiger partial charge in [0.05, 0.1) is 28.7 Å². The summed E-state index contributed by atoms with van der Waals surface area (Å²) >= 11 is 11.7. The molecule has 0 unspecified atom stereocenters. The summed E-state index contributed by atoms with van der Waals surface area (Å²) in [5, 5.41) is 5.33. The van der Waals surface area contributed by atoms with E-state index in [1.165, 1.54) is 0 Å². The lowest BCUT2D eigenvalue weighted by atomic mass is 10.3. The van der Waals surface area contributed by atoms with Gasteiger partial charge in [0.25, 0.3) is 0 Å². The van der Waals surface area contributed by atoms with Crippen molar-refractivity contribution in [1.29, 1.82) is 0 Å². The Kier molecular flexibility index (Phi) is 5.90. The molecule has 1 rings (SSSR count). The first-order valence-corrected chi connectivity index (χ1v) is 6.06.